The van der Waals surface area contributed by atoms with Crippen molar-refractivity contribution >= 4 is 11.9 Å². The Morgan fingerprint density at radius 2 is 2.30 bits per heavy atom. The van der Waals surface area contributed by atoms with E-state index in [1.807, 2.05) is 6.20 Å². The minimum atomic E-state index is 0.0651. The first-order chi connectivity index (χ1) is 11.3. The number of rotatable bonds is 5. The first kappa shape index (κ1) is 16.1. The molecule has 0 aliphatic carbocycles. The molecule has 1 saturated heterocycles. The Balaban J connectivity index is 1.52. The second-order valence-corrected chi connectivity index (χ2v) is 6.02. The molecule has 0 unspecified atom stereocenters. The summed E-state index contributed by atoms with van der Waals surface area (Å²) in [6.07, 6.45) is 5.00. The molecule has 1 N–H and O–H groups in total. The lowest BCUT2D eigenvalue weighted by molar-refractivity contribution is -0.122. The van der Waals surface area contributed by atoms with Crippen molar-refractivity contribution in [3.63, 3.8) is 0 Å². The third-order valence-electron chi connectivity index (χ3n) is 4.36. The van der Waals surface area contributed by atoms with Crippen LogP contribution in [0.15, 0.2) is 6.20 Å². The maximum atomic E-state index is 11.7. The fourth-order valence-electron chi connectivity index (χ4n) is 2.99. The van der Waals surface area contributed by atoms with E-state index < -0.39 is 0 Å². The Morgan fingerprint density at radius 3 is 3.09 bits per heavy atom. The molecule has 7 heteroatoms. The van der Waals surface area contributed by atoms with Gasteiger partial charge in [0, 0.05) is 50.8 Å². The number of hydrogen-bond acceptors (Lipinski definition) is 6. The largest absolute Gasteiger partial charge is 0.384 e. The van der Waals surface area contributed by atoms with Crippen molar-refractivity contribution in [3.05, 3.63) is 17.5 Å². The van der Waals surface area contributed by atoms with E-state index in [-0.39, 0.29) is 11.9 Å². The molecular formula is C16H24N4O3. The van der Waals surface area contributed by atoms with Gasteiger partial charge in [-0.3, -0.25) is 4.79 Å². The van der Waals surface area contributed by atoms with Crippen LogP contribution in [0.2, 0.25) is 0 Å². The van der Waals surface area contributed by atoms with Gasteiger partial charge in [0.1, 0.15) is 0 Å². The predicted octanol–water partition coefficient (Wildman–Crippen LogP) is 0.671. The Kier molecular flexibility index (Phi) is 5.40. The van der Waals surface area contributed by atoms with Gasteiger partial charge in [-0.1, -0.05) is 0 Å². The highest BCUT2D eigenvalue weighted by atomic mass is 16.5. The topological polar surface area (TPSA) is 76.6 Å². The minimum Gasteiger partial charge on any atom is -0.384 e. The predicted molar refractivity (Wildman–Crippen MR) is 85.3 cm³/mol. The number of nitrogens with one attached hydrogen (secondary N) is 1. The fraction of sp³-hybridized carbons (Fsp3) is 0.688. The maximum absolute atomic E-state index is 11.7. The van der Waals surface area contributed by atoms with Gasteiger partial charge in [-0.05, 0) is 12.8 Å². The number of carbonyl (C=O) groups excluding carboxylic acids is 1. The number of fused-ring (bicyclic) bond motifs is 1. The van der Waals surface area contributed by atoms with Gasteiger partial charge in [-0.25, -0.2) is 9.97 Å². The van der Waals surface area contributed by atoms with E-state index in [2.05, 4.69) is 15.2 Å². The van der Waals surface area contributed by atoms with E-state index in [1.165, 1.54) is 0 Å². The summed E-state index contributed by atoms with van der Waals surface area (Å²) >= 11 is 0. The summed E-state index contributed by atoms with van der Waals surface area (Å²) in [6, 6.07) is 0.238. The van der Waals surface area contributed by atoms with Crippen LogP contribution in [0.25, 0.3) is 0 Å². The number of aromatic nitrogens is 2. The minimum absolute atomic E-state index is 0.0651. The van der Waals surface area contributed by atoms with Crippen molar-refractivity contribution in [3.8, 4) is 0 Å². The van der Waals surface area contributed by atoms with E-state index in [0.717, 1.165) is 56.2 Å². The molecule has 126 valence electrons. The Bertz CT molecular complexity index is 544. The molecule has 0 atom stereocenters. The van der Waals surface area contributed by atoms with Crippen molar-refractivity contribution in [2.45, 2.75) is 38.3 Å². The lowest BCUT2D eigenvalue weighted by Gasteiger charge is -2.32. The average Bonchev–Trinajstić information content (AvgIpc) is 2.60. The second-order valence-electron chi connectivity index (χ2n) is 6.02. The molecule has 7 nitrogen and oxygen atoms in total. The normalized spacial score (nSPS) is 18.6. The molecule has 23 heavy (non-hydrogen) atoms. The third-order valence-corrected chi connectivity index (χ3v) is 4.36. The summed E-state index contributed by atoms with van der Waals surface area (Å²) in [4.78, 5) is 23.1. The van der Waals surface area contributed by atoms with Crippen molar-refractivity contribution < 1.29 is 14.3 Å². The Morgan fingerprint density at radius 1 is 1.48 bits per heavy atom. The highest BCUT2D eigenvalue weighted by Gasteiger charge is 2.23. The quantitative estimate of drug-likeness (QED) is 0.859. The van der Waals surface area contributed by atoms with Gasteiger partial charge in [-0.2, -0.15) is 0 Å². The first-order valence-corrected chi connectivity index (χ1v) is 8.22. The summed E-state index contributed by atoms with van der Waals surface area (Å²) in [5.41, 5.74) is 2.21. The average molecular weight is 320 g/mol. The summed E-state index contributed by atoms with van der Waals surface area (Å²) in [6.45, 7) is 3.55. The Labute approximate surface area is 136 Å². The molecule has 1 aromatic heterocycles. The van der Waals surface area contributed by atoms with E-state index in [0.29, 0.717) is 19.6 Å². The smallest absolute Gasteiger partial charge is 0.225 e. The second kappa shape index (κ2) is 7.70. The van der Waals surface area contributed by atoms with Crippen LogP contribution < -0.4 is 10.2 Å². The van der Waals surface area contributed by atoms with Gasteiger partial charge < -0.3 is 19.7 Å². The van der Waals surface area contributed by atoms with Gasteiger partial charge in [-0.15, -0.1) is 0 Å². The van der Waals surface area contributed by atoms with E-state index in [9.17, 15) is 4.79 Å². The van der Waals surface area contributed by atoms with Crippen LogP contribution in [0.5, 0.6) is 0 Å². The lowest BCUT2D eigenvalue weighted by Crippen LogP contribution is -2.45. The number of amides is 1. The molecule has 1 amide bonds. The zero-order valence-corrected chi connectivity index (χ0v) is 13.6. The fourth-order valence-corrected chi connectivity index (χ4v) is 2.99. The molecule has 0 bridgehead atoms. The van der Waals surface area contributed by atoms with Crippen LogP contribution in [0.3, 0.4) is 0 Å². The summed E-state index contributed by atoms with van der Waals surface area (Å²) in [5.74, 6) is 0.866. The maximum Gasteiger partial charge on any atom is 0.225 e. The number of ether oxygens (including phenoxy) is 2. The molecule has 0 aromatic carbocycles. The number of anilines is 1. The zero-order valence-electron chi connectivity index (χ0n) is 13.6. The molecule has 0 saturated carbocycles. The number of piperidine rings is 1. The standard InChI is InChI=1S/C16H24N4O3/c1-22-8-5-15(21)18-13-2-6-20(7-3-13)16-17-10-12-11-23-9-4-14(12)19-16/h10,13H,2-9,11H2,1H3,(H,18,21). The molecular weight excluding hydrogens is 296 g/mol. The molecule has 1 fully saturated rings. The Hall–Kier alpha value is -1.73. The van der Waals surface area contributed by atoms with E-state index >= 15 is 0 Å². The highest BCUT2D eigenvalue weighted by molar-refractivity contribution is 5.76. The zero-order chi connectivity index (χ0) is 16.1. The number of nitrogens with zero attached hydrogens (tertiary/aromatic N) is 3. The van der Waals surface area contributed by atoms with Gasteiger partial charge in [0.2, 0.25) is 11.9 Å². The van der Waals surface area contributed by atoms with Crippen LogP contribution in [0.4, 0.5) is 5.95 Å². The summed E-state index contributed by atoms with van der Waals surface area (Å²) < 4.78 is 10.3. The molecule has 2 aliphatic rings. The van der Waals surface area contributed by atoms with Crippen LogP contribution in [-0.2, 0) is 27.3 Å². The van der Waals surface area contributed by atoms with Gasteiger partial charge in [0.25, 0.3) is 0 Å². The SMILES string of the molecule is COCCC(=O)NC1CCN(c2ncc3c(n2)CCOC3)CC1. The van der Waals surface area contributed by atoms with Crippen LogP contribution in [0.1, 0.15) is 30.5 Å². The molecule has 2 aliphatic heterocycles. The number of carbonyl (C=O) groups is 1. The summed E-state index contributed by atoms with van der Waals surface area (Å²) in [7, 11) is 1.61. The number of methoxy groups -OCH3 is 1. The number of hydrogen-bond donors (Lipinski definition) is 1. The lowest BCUT2D eigenvalue weighted by atomic mass is 10.1. The van der Waals surface area contributed by atoms with Crippen LogP contribution in [-0.4, -0.2) is 55.3 Å². The van der Waals surface area contributed by atoms with E-state index in [1.54, 1.807) is 7.11 Å². The highest BCUT2D eigenvalue weighted by Crippen LogP contribution is 2.20. The molecule has 0 radical (unpaired) electrons. The van der Waals surface area contributed by atoms with Crippen molar-refractivity contribution in [2.75, 3.05) is 38.3 Å². The van der Waals surface area contributed by atoms with Crippen molar-refractivity contribution in [2.24, 2.45) is 0 Å². The van der Waals surface area contributed by atoms with Crippen molar-refractivity contribution in [1.82, 2.24) is 15.3 Å². The monoisotopic (exact) mass is 320 g/mol. The third kappa shape index (κ3) is 4.17. The van der Waals surface area contributed by atoms with Gasteiger partial charge in [0.05, 0.1) is 25.5 Å². The van der Waals surface area contributed by atoms with Gasteiger partial charge in [0.15, 0.2) is 0 Å². The summed E-state index contributed by atoms with van der Waals surface area (Å²) in [5, 5.41) is 3.07. The molecule has 0 spiro atoms. The van der Waals surface area contributed by atoms with Gasteiger partial charge >= 0.3 is 0 Å². The first-order valence-electron chi connectivity index (χ1n) is 8.22. The van der Waals surface area contributed by atoms with E-state index in [4.69, 9.17) is 14.5 Å². The molecule has 3 rings (SSSR count). The molecule has 3 heterocycles. The van der Waals surface area contributed by atoms with Crippen molar-refractivity contribution in [1.29, 1.82) is 0 Å². The van der Waals surface area contributed by atoms with Crippen LogP contribution >= 0.6 is 0 Å². The molecule has 1 aromatic rings. The van der Waals surface area contributed by atoms with Crippen LogP contribution in [0, 0.1) is 0 Å².